The number of halogens is 1. The highest BCUT2D eigenvalue weighted by atomic mass is 35.5. The van der Waals surface area contributed by atoms with E-state index in [0.29, 0.717) is 35.1 Å². The summed E-state index contributed by atoms with van der Waals surface area (Å²) in [6.07, 6.45) is 5.17. The summed E-state index contributed by atoms with van der Waals surface area (Å²) in [7, 11) is 0. The number of pyridine rings is 1. The van der Waals surface area contributed by atoms with Gasteiger partial charge in [-0.3, -0.25) is 9.78 Å². The summed E-state index contributed by atoms with van der Waals surface area (Å²) >= 11 is 6.67. The zero-order valence-electron chi connectivity index (χ0n) is 21.0. The summed E-state index contributed by atoms with van der Waals surface area (Å²) in [5.41, 5.74) is 5.70. The van der Waals surface area contributed by atoms with Crippen LogP contribution in [0.5, 0.6) is 11.5 Å². The standard InChI is InChI=1S/C29H30ClN3O4/c1-18-4-3-5-24-23(18)6-7-27(24)37-29-12-28(36-17-21-10-20(13-31)14-32-15-21)22(11-25(29)30)16-33-26(8-9-34)19(2)35/h3-5,10-12,14-15,26-27,33-34H,6-9,16-17H2,1-2H3/t26-,27-/m0/s1. The third-order valence-corrected chi connectivity index (χ3v) is 6.90. The van der Waals surface area contributed by atoms with Gasteiger partial charge in [-0.05, 0) is 61.9 Å². The third-order valence-electron chi connectivity index (χ3n) is 6.60. The number of fused-ring (bicyclic) bond motifs is 1. The van der Waals surface area contributed by atoms with Crippen molar-refractivity contribution in [1.29, 1.82) is 5.26 Å². The Kier molecular flexibility index (Phi) is 8.78. The Morgan fingerprint density at radius 2 is 2.14 bits per heavy atom. The Labute approximate surface area is 222 Å². The van der Waals surface area contributed by atoms with Crippen LogP contribution in [0.15, 0.2) is 48.8 Å². The molecule has 4 rings (SSSR count). The van der Waals surface area contributed by atoms with Crippen molar-refractivity contribution in [3.05, 3.63) is 87.2 Å². The quantitative estimate of drug-likeness (QED) is 0.367. The van der Waals surface area contributed by atoms with Crippen molar-refractivity contribution >= 4 is 17.4 Å². The number of aryl methyl sites for hydroxylation is 1. The predicted octanol–water partition coefficient (Wildman–Crippen LogP) is 4.99. The Morgan fingerprint density at radius 1 is 1.30 bits per heavy atom. The number of nitriles is 1. The summed E-state index contributed by atoms with van der Waals surface area (Å²) in [5.74, 6) is 1.00. The average Bonchev–Trinajstić information content (AvgIpc) is 3.31. The first-order chi connectivity index (χ1) is 17.9. The Morgan fingerprint density at radius 3 is 2.89 bits per heavy atom. The molecule has 1 aliphatic rings. The van der Waals surface area contributed by atoms with Crippen LogP contribution in [0, 0.1) is 18.3 Å². The molecule has 3 aromatic rings. The maximum Gasteiger partial charge on any atom is 0.146 e. The maximum absolute atomic E-state index is 12.0. The van der Waals surface area contributed by atoms with Gasteiger partial charge in [0.05, 0.1) is 16.6 Å². The fourth-order valence-corrected chi connectivity index (χ4v) is 4.84. The second-order valence-electron chi connectivity index (χ2n) is 9.22. The molecule has 0 radical (unpaired) electrons. The summed E-state index contributed by atoms with van der Waals surface area (Å²) < 4.78 is 12.6. The van der Waals surface area contributed by atoms with Gasteiger partial charge in [0.15, 0.2) is 0 Å². The molecule has 7 nitrogen and oxygen atoms in total. The average molecular weight is 520 g/mol. The minimum atomic E-state index is -0.484. The number of Topliss-reactive ketones (excluding diaryl/α,β-unsaturated/α-hetero) is 1. The number of carbonyl (C=O) groups excluding carboxylic acids is 1. The van der Waals surface area contributed by atoms with E-state index in [1.165, 1.54) is 29.8 Å². The van der Waals surface area contributed by atoms with Crippen molar-refractivity contribution in [1.82, 2.24) is 10.3 Å². The van der Waals surface area contributed by atoms with Crippen molar-refractivity contribution in [2.45, 2.75) is 58.4 Å². The molecular weight excluding hydrogens is 490 g/mol. The van der Waals surface area contributed by atoms with Gasteiger partial charge in [0.1, 0.15) is 36.1 Å². The molecule has 2 N–H and O–H groups in total. The number of hydrogen-bond donors (Lipinski definition) is 2. The number of ketones is 1. The number of hydrogen-bond acceptors (Lipinski definition) is 7. The molecule has 2 aromatic carbocycles. The fourth-order valence-electron chi connectivity index (χ4n) is 4.61. The molecule has 0 aliphatic heterocycles. The van der Waals surface area contributed by atoms with Crippen LogP contribution in [0.1, 0.15) is 59.3 Å². The zero-order valence-corrected chi connectivity index (χ0v) is 21.7. The smallest absolute Gasteiger partial charge is 0.146 e. The number of aromatic nitrogens is 1. The first-order valence-electron chi connectivity index (χ1n) is 12.3. The zero-order chi connectivity index (χ0) is 26.4. The lowest BCUT2D eigenvalue weighted by atomic mass is 10.0. The van der Waals surface area contributed by atoms with Crippen LogP contribution in [-0.4, -0.2) is 28.5 Å². The highest BCUT2D eigenvalue weighted by Crippen LogP contribution is 2.41. The van der Waals surface area contributed by atoms with Crippen LogP contribution >= 0.6 is 11.6 Å². The summed E-state index contributed by atoms with van der Waals surface area (Å²) in [6, 6.07) is 13.1. The van der Waals surface area contributed by atoms with Gasteiger partial charge < -0.3 is 19.9 Å². The number of nitrogens with zero attached hydrogens (tertiary/aromatic N) is 2. The number of nitrogens with one attached hydrogen (secondary N) is 1. The van der Waals surface area contributed by atoms with E-state index in [2.05, 4.69) is 35.4 Å². The van der Waals surface area contributed by atoms with Crippen molar-refractivity contribution in [2.75, 3.05) is 6.61 Å². The van der Waals surface area contributed by atoms with Gasteiger partial charge in [-0.15, -0.1) is 0 Å². The lowest BCUT2D eigenvalue weighted by Crippen LogP contribution is -2.35. The van der Waals surface area contributed by atoms with Crippen molar-refractivity contribution in [3.8, 4) is 17.6 Å². The van der Waals surface area contributed by atoms with E-state index in [9.17, 15) is 15.2 Å². The number of aliphatic hydroxyl groups excluding tert-OH is 1. The molecule has 0 fully saturated rings. The highest BCUT2D eigenvalue weighted by Gasteiger charge is 2.26. The molecule has 0 saturated heterocycles. The lowest BCUT2D eigenvalue weighted by molar-refractivity contribution is -0.119. The van der Waals surface area contributed by atoms with E-state index in [0.717, 1.165) is 24.0 Å². The molecule has 0 spiro atoms. The number of carbonyl (C=O) groups is 1. The second kappa shape index (κ2) is 12.2. The summed E-state index contributed by atoms with van der Waals surface area (Å²) in [6.45, 7) is 4.00. The maximum atomic E-state index is 12.0. The molecule has 37 heavy (non-hydrogen) atoms. The van der Waals surface area contributed by atoms with Crippen LogP contribution in [0.25, 0.3) is 0 Å². The Hall–Kier alpha value is -3.44. The largest absolute Gasteiger partial charge is 0.488 e. The van der Waals surface area contributed by atoms with Gasteiger partial charge in [-0.2, -0.15) is 5.26 Å². The molecule has 192 valence electrons. The number of rotatable bonds is 11. The van der Waals surface area contributed by atoms with E-state index < -0.39 is 6.04 Å². The van der Waals surface area contributed by atoms with Crippen LogP contribution in [0.2, 0.25) is 5.02 Å². The summed E-state index contributed by atoms with van der Waals surface area (Å²) in [5, 5.41) is 22.1. The van der Waals surface area contributed by atoms with Gasteiger partial charge in [-0.25, -0.2) is 0 Å². The van der Waals surface area contributed by atoms with Gasteiger partial charge in [0.2, 0.25) is 0 Å². The molecular formula is C29H30ClN3O4. The van der Waals surface area contributed by atoms with Crippen molar-refractivity contribution in [3.63, 3.8) is 0 Å². The molecule has 1 aliphatic carbocycles. The Bertz CT molecular complexity index is 1320. The van der Waals surface area contributed by atoms with E-state index >= 15 is 0 Å². The predicted molar refractivity (Wildman–Crippen MR) is 141 cm³/mol. The fraction of sp³-hybridized carbons (Fsp3) is 0.345. The van der Waals surface area contributed by atoms with Crippen molar-refractivity contribution in [2.24, 2.45) is 0 Å². The lowest BCUT2D eigenvalue weighted by Gasteiger charge is -2.21. The molecule has 1 heterocycles. The molecule has 2 atom stereocenters. The SMILES string of the molecule is CC(=O)[C@H](CCO)NCc1cc(Cl)c(O[C@H]2CCc3c(C)cccc32)cc1OCc1cncc(C#N)c1. The molecule has 0 saturated carbocycles. The first-order valence-corrected chi connectivity index (χ1v) is 12.7. The van der Waals surface area contributed by atoms with Gasteiger partial charge in [0.25, 0.3) is 0 Å². The molecule has 0 amide bonds. The summed E-state index contributed by atoms with van der Waals surface area (Å²) in [4.78, 5) is 16.1. The van der Waals surface area contributed by atoms with Crippen LogP contribution in [0.4, 0.5) is 0 Å². The Balaban J connectivity index is 1.60. The van der Waals surface area contributed by atoms with Gasteiger partial charge in [0, 0.05) is 42.7 Å². The van der Waals surface area contributed by atoms with Crippen LogP contribution in [-0.2, 0) is 24.4 Å². The molecule has 8 heteroatoms. The van der Waals surface area contributed by atoms with Gasteiger partial charge in [-0.1, -0.05) is 29.8 Å². The van der Waals surface area contributed by atoms with E-state index in [-0.39, 0.29) is 25.1 Å². The second-order valence-corrected chi connectivity index (χ2v) is 9.62. The van der Waals surface area contributed by atoms with Gasteiger partial charge >= 0.3 is 0 Å². The van der Waals surface area contributed by atoms with E-state index in [4.69, 9.17) is 21.1 Å². The highest BCUT2D eigenvalue weighted by molar-refractivity contribution is 6.32. The van der Waals surface area contributed by atoms with Crippen LogP contribution < -0.4 is 14.8 Å². The monoisotopic (exact) mass is 519 g/mol. The third kappa shape index (κ3) is 6.47. The molecule has 0 bridgehead atoms. The minimum absolute atomic E-state index is 0.0582. The molecule has 0 unspecified atom stereocenters. The minimum Gasteiger partial charge on any atom is -0.488 e. The van der Waals surface area contributed by atoms with Crippen molar-refractivity contribution < 1.29 is 19.4 Å². The molecule has 1 aromatic heterocycles. The number of benzene rings is 2. The van der Waals surface area contributed by atoms with E-state index in [1.807, 2.05) is 6.07 Å². The van der Waals surface area contributed by atoms with Crippen LogP contribution in [0.3, 0.4) is 0 Å². The first kappa shape index (κ1) is 26.6. The van der Waals surface area contributed by atoms with E-state index in [1.54, 1.807) is 24.4 Å². The number of ether oxygens (including phenoxy) is 2. The number of aliphatic hydroxyl groups is 1. The normalized spacial score (nSPS) is 15.1. The topological polar surface area (TPSA) is 104 Å².